The molecule has 0 atom stereocenters. The third-order valence-electron chi connectivity index (χ3n) is 3.90. The van der Waals surface area contributed by atoms with Crippen LogP contribution >= 0.6 is 0 Å². The summed E-state index contributed by atoms with van der Waals surface area (Å²) < 4.78 is 1.77. The molecule has 6 heteroatoms. The SMILES string of the molecule is O=C(Nc1cccc(C#Cc2ccccn2)c1)c1ccc(-n2ccnc2)nc1. The van der Waals surface area contributed by atoms with Crippen LogP contribution in [0.3, 0.4) is 0 Å². The predicted molar refractivity (Wildman–Crippen MR) is 106 cm³/mol. The second-order valence-electron chi connectivity index (χ2n) is 5.87. The normalized spacial score (nSPS) is 10.0. The highest BCUT2D eigenvalue weighted by molar-refractivity contribution is 6.04. The molecule has 1 N–H and O–H groups in total. The van der Waals surface area contributed by atoms with Gasteiger partial charge in [0, 0.05) is 36.0 Å². The second kappa shape index (κ2) is 7.98. The highest BCUT2D eigenvalue weighted by atomic mass is 16.1. The van der Waals surface area contributed by atoms with Crippen LogP contribution in [0.15, 0.2) is 85.7 Å². The van der Waals surface area contributed by atoms with Gasteiger partial charge in [0.15, 0.2) is 0 Å². The van der Waals surface area contributed by atoms with Crippen molar-refractivity contribution in [2.24, 2.45) is 0 Å². The van der Waals surface area contributed by atoms with Crippen LogP contribution < -0.4 is 5.32 Å². The maximum Gasteiger partial charge on any atom is 0.257 e. The van der Waals surface area contributed by atoms with Crippen LogP contribution in [0.25, 0.3) is 5.82 Å². The van der Waals surface area contributed by atoms with E-state index in [9.17, 15) is 4.79 Å². The molecule has 0 spiro atoms. The average Bonchev–Trinajstić information content (AvgIpc) is 3.28. The Balaban J connectivity index is 1.47. The van der Waals surface area contributed by atoms with Gasteiger partial charge in [0.1, 0.15) is 17.8 Å². The number of imidazole rings is 1. The number of hydrogen-bond donors (Lipinski definition) is 1. The summed E-state index contributed by atoms with van der Waals surface area (Å²) in [5.74, 6) is 6.51. The maximum atomic E-state index is 12.5. The summed E-state index contributed by atoms with van der Waals surface area (Å²) in [5.41, 5.74) is 2.61. The van der Waals surface area contributed by atoms with Crippen molar-refractivity contribution < 1.29 is 4.79 Å². The Hall–Kier alpha value is -4.24. The van der Waals surface area contributed by atoms with Crippen LogP contribution in [0.5, 0.6) is 0 Å². The summed E-state index contributed by atoms with van der Waals surface area (Å²) in [6.45, 7) is 0. The fraction of sp³-hybridized carbons (Fsp3) is 0. The van der Waals surface area contributed by atoms with Crippen molar-refractivity contribution >= 4 is 11.6 Å². The van der Waals surface area contributed by atoms with E-state index >= 15 is 0 Å². The molecule has 3 aromatic heterocycles. The summed E-state index contributed by atoms with van der Waals surface area (Å²) in [5, 5.41) is 2.87. The van der Waals surface area contributed by atoms with Crippen LogP contribution in [0.1, 0.15) is 21.6 Å². The van der Waals surface area contributed by atoms with Gasteiger partial charge in [-0.3, -0.25) is 9.36 Å². The van der Waals surface area contributed by atoms with Gasteiger partial charge in [0.2, 0.25) is 0 Å². The van der Waals surface area contributed by atoms with E-state index < -0.39 is 0 Å². The molecule has 0 aliphatic rings. The molecule has 28 heavy (non-hydrogen) atoms. The standard InChI is InChI=1S/C22H15N5O/c28-22(18-8-10-21(25-15-18)27-13-12-23-16-27)26-20-6-3-4-17(14-20)7-9-19-5-1-2-11-24-19/h1-6,8,10-16H,(H,26,28). The Kier molecular flexibility index (Phi) is 4.90. The summed E-state index contributed by atoms with van der Waals surface area (Å²) in [6, 6.07) is 16.4. The number of nitrogens with one attached hydrogen (secondary N) is 1. The number of pyridine rings is 2. The van der Waals surface area contributed by atoms with Gasteiger partial charge in [-0.05, 0) is 48.4 Å². The minimum atomic E-state index is -0.237. The van der Waals surface area contributed by atoms with Crippen LogP contribution in [0.4, 0.5) is 5.69 Å². The van der Waals surface area contributed by atoms with Crippen molar-refractivity contribution in [3.63, 3.8) is 0 Å². The zero-order valence-corrected chi connectivity index (χ0v) is 14.8. The third kappa shape index (κ3) is 4.11. The van der Waals surface area contributed by atoms with Crippen LogP contribution in [-0.4, -0.2) is 25.4 Å². The van der Waals surface area contributed by atoms with E-state index in [-0.39, 0.29) is 5.91 Å². The number of aromatic nitrogens is 4. The molecule has 0 fully saturated rings. The zero-order valence-electron chi connectivity index (χ0n) is 14.8. The topological polar surface area (TPSA) is 72.7 Å². The van der Waals surface area contributed by atoms with Crippen LogP contribution in [0, 0.1) is 11.8 Å². The van der Waals surface area contributed by atoms with Crippen molar-refractivity contribution in [2.45, 2.75) is 0 Å². The Morgan fingerprint density at radius 2 is 1.93 bits per heavy atom. The molecule has 0 radical (unpaired) electrons. The summed E-state index contributed by atoms with van der Waals surface area (Å²) in [6.07, 6.45) is 8.35. The van der Waals surface area contributed by atoms with Crippen LogP contribution in [-0.2, 0) is 0 Å². The second-order valence-corrected chi connectivity index (χ2v) is 5.87. The number of anilines is 1. The van der Waals surface area contributed by atoms with E-state index in [1.807, 2.05) is 42.5 Å². The van der Waals surface area contributed by atoms with E-state index in [1.165, 1.54) is 6.20 Å². The maximum absolute atomic E-state index is 12.5. The summed E-state index contributed by atoms with van der Waals surface area (Å²) in [4.78, 5) is 24.9. The molecule has 134 valence electrons. The monoisotopic (exact) mass is 365 g/mol. The lowest BCUT2D eigenvalue weighted by atomic mass is 10.2. The minimum Gasteiger partial charge on any atom is -0.322 e. The van der Waals surface area contributed by atoms with Gasteiger partial charge >= 0.3 is 0 Å². The Labute approximate surface area is 161 Å². The van der Waals surface area contributed by atoms with Crippen molar-refractivity contribution in [3.8, 4) is 17.7 Å². The molecule has 4 rings (SSSR count). The lowest BCUT2D eigenvalue weighted by Crippen LogP contribution is -2.12. The predicted octanol–water partition coefficient (Wildman–Crippen LogP) is 3.31. The minimum absolute atomic E-state index is 0.237. The molecule has 4 aromatic rings. The number of amides is 1. The Morgan fingerprint density at radius 1 is 0.964 bits per heavy atom. The molecule has 3 heterocycles. The van der Waals surface area contributed by atoms with Crippen molar-refractivity contribution in [3.05, 3.63) is 103 Å². The highest BCUT2D eigenvalue weighted by Gasteiger charge is 2.07. The van der Waals surface area contributed by atoms with E-state index in [2.05, 4.69) is 32.1 Å². The van der Waals surface area contributed by atoms with Gasteiger partial charge in [-0.1, -0.05) is 18.1 Å². The third-order valence-corrected chi connectivity index (χ3v) is 3.90. The van der Waals surface area contributed by atoms with E-state index in [0.29, 0.717) is 22.8 Å². The van der Waals surface area contributed by atoms with E-state index in [4.69, 9.17) is 0 Å². The molecule has 0 saturated heterocycles. The van der Waals surface area contributed by atoms with E-state index in [1.54, 1.807) is 41.6 Å². The largest absolute Gasteiger partial charge is 0.322 e. The van der Waals surface area contributed by atoms with Crippen molar-refractivity contribution in [2.75, 3.05) is 5.32 Å². The number of rotatable bonds is 3. The molecular weight excluding hydrogens is 350 g/mol. The lowest BCUT2D eigenvalue weighted by molar-refractivity contribution is 0.102. The van der Waals surface area contributed by atoms with Crippen LogP contribution in [0.2, 0.25) is 0 Å². The number of carbonyl (C=O) groups excluding carboxylic acids is 1. The molecule has 0 saturated carbocycles. The molecule has 6 nitrogen and oxygen atoms in total. The molecule has 0 unspecified atom stereocenters. The number of nitrogens with zero attached hydrogens (tertiary/aromatic N) is 4. The number of hydrogen-bond acceptors (Lipinski definition) is 4. The quantitative estimate of drug-likeness (QED) is 0.565. The molecule has 1 amide bonds. The molecule has 1 aromatic carbocycles. The summed E-state index contributed by atoms with van der Waals surface area (Å²) in [7, 11) is 0. The highest BCUT2D eigenvalue weighted by Crippen LogP contribution is 2.12. The van der Waals surface area contributed by atoms with Gasteiger partial charge in [-0.15, -0.1) is 0 Å². The van der Waals surface area contributed by atoms with Gasteiger partial charge in [0.25, 0.3) is 5.91 Å². The first kappa shape index (κ1) is 17.2. The lowest BCUT2D eigenvalue weighted by Gasteiger charge is -2.06. The van der Waals surface area contributed by atoms with Gasteiger partial charge in [-0.2, -0.15) is 0 Å². The van der Waals surface area contributed by atoms with Crippen molar-refractivity contribution in [1.29, 1.82) is 0 Å². The first-order valence-electron chi connectivity index (χ1n) is 8.57. The molecular formula is C22H15N5O. The fourth-order valence-corrected chi connectivity index (χ4v) is 2.52. The van der Waals surface area contributed by atoms with Gasteiger partial charge in [0.05, 0.1) is 5.56 Å². The summed E-state index contributed by atoms with van der Waals surface area (Å²) >= 11 is 0. The molecule has 0 aliphatic carbocycles. The number of benzene rings is 1. The smallest absolute Gasteiger partial charge is 0.257 e. The molecule has 0 aliphatic heterocycles. The first-order chi connectivity index (χ1) is 13.8. The fourth-order valence-electron chi connectivity index (χ4n) is 2.52. The van der Waals surface area contributed by atoms with E-state index in [0.717, 1.165) is 5.56 Å². The molecule has 0 bridgehead atoms. The van der Waals surface area contributed by atoms with Crippen molar-refractivity contribution in [1.82, 2.24) is 19.5 Å². The Bertz CT molecular complexity index is 1140. The van der Waals surface area contributed by atoms with Gasteiger partial charge < -0.3 is 5.32 Å². The number of carbonyl (C=O) groups is 1. The first-order valence-corrected chi connectivity index (χ1v) is 8.57. The Morgan fingerprint density at radius 3 is 2.68 bits per heavy atom. The zero-order chi connectivity index (χ0) is 19.2. The van der Waals surface area contributed by atoms with Gasteiger partial charge in [-0.25, -0.2) is 15.0 Å². The average molecular weight is 365 g/mol.